The van der Waals surface area contributed by atoms with E-state index in [1.165, 1.54) is 30.6 Å². The van der Waals surface area contributed by atoms with Crippen LogP contribution >= 0.6 is 0 Å². The van der Waals surface area contributed by atoms with Gasteiger partial charge < -0.3 is 26.2 Å². The summed E-state index contributed by atoms with van der Waals surface area (Å²) in [6.07, 6.45) is 1.24. The van der Waals surface area contributed by atoms with Crippen molar-refractivity contribution in [2.24, 2.45) is 0 Å². The Kier molecular flexibility index (Phi) is 3.62. The Balaban J connectivity index is 2.09. The number of nitrogens with two attached hydrogens (primary N) is 1. The number of nitrogen functional groups attached to an aromatic ring is 1. The Morgan fingerprint density at radius 2 is 1.59 bits per heavy atom. The first-order valence-electron chi connectivity index (χ1n) is 7.77. The Hall–Kier alpha value is -4.14. The molecule has 2 aromatic carbocycles. The summed E-state index contributed by atoms with van der Waals surface area (Å²) >= 11 is 0. The molecule has 4 rings (SSSR count). The highest BCUT2D eigenvalue weighted by Crippen LogP contribution is 2.41. The monoisotopic (exact) mass is 363 g/mol. The largest absolute Gasteiger partial charge is 0.504 e. The first-order valence-corrected chi connectivity index (χ1v) is 7.77. The SMILES string of the molecule is Nc1ncnc2nc(-c3cccc(O)c3O)c(-c3ccc(O)c(O)c3)nc12. The summed E-state index contributed by atoms with van der Waals surface area (Å²) in [6, 6.07) is 8.55. The Bertz CT molecular complexity index is 1200. The van der Waals surface area contributed by atoms with Crippen molar-refractivity contribution in [2.75, 3.05) is 5.73 Å². The Morgan fingerprint density at radius 3 is 2.37 bits per heavy atom. The van der Waals surface area contributed by atoms with Crippen LogP contribution in [-0.4, -0.2) is 40.4 Å². The van der Waals surface area contributed by atoms with Crippen molar-refractivity contribution in [1.29, 1.82) is 0 Å². The number of fused-ring (bicyclic) bond motifs is 1. The summed E-state index contributed by atoms with van der Waals surface area (Å²) in [5.74, 6) is -1.23. The molecule has 0 fully saturated rings. The number of anilines is 1. The number of hydrogen-bond donors (Lipinski definition) is 5. The quantitative estimate of drug-likeness (QED) is 0.336. The zero-order chi connectivity index (χ0) is 19.1. The molecular formula is C18H13N5O4. The number of benzene rings is 2. The van der Waals surface area contributed by atoms with Crippen LogP contribution < -0.4 is 5.73 Å². The minimum Gasteiger partial charge on any atom is -0.504 e. The van der Waals surface area contributed by atoms with Crippen LogP contribution in [0.5, 0.6) is 23.0 Å². The molecule has 9 heteroatoms. The van der Waals surface area contributed by atoms with Gasteiger partial charge in [-0.1, -0.05) is 6.07 Å². The van der Waals surface area contributed by atoms with Crippen LogP contribution in [0.1, 0.15) is 0 Å². The van der Waals surface area contributed by atoms with Gasteiger partial charge in [-0.3, -0.25) is 0 Å². The first-order chi connectivity index (χ1) is 13.0. The average Bonchev–Trinajstić information content (AvgIpc) is 2.66. The van der Waals surface area contributed by atoms with Gasteiger partial charge in [-0.25, -0.2) is 19.9 Å². The van der Waals surface area contributed by atoms with Gasteiger partial charge in [0.25, 0.3) is 0 Å². The fourth-order valence-corrected chi connectivity index (χ4v) is 2.68. The maximum atomic E-state index is 10.3. The summed E-state index contributed by atoms with van der Waals surface area (Å²) < 4.78 is 0. The normalized spacial score (nSPS) is 11.0. The first kappa shape index (κ1) is 16.3. The van der Waals surface area contributed by atoms with Gasteiger partial charge in [0, 0.05) is 11.1 Å². The minimum absolute atomic E-state index is 0.114. The van der Waals surface area contributed by atoms with Crippen molar-refractivity contribution >= 4 is 17.0 Å². The van der Waals surface area contributed by atoms with E-state index in [1.54, 1.807) is 12.1 Å². The van der Waals surface area contributed by atoms with E-state index in [4.69, 9.17) is 5.73 Å². The van der Waals surface area contributed by atoms with Crippen LogP contribution in [0.4, 0.5) is 5.82 Å². The zero-order valence-electron chi connectivity index (χ0n) is 13.7. The van der Waals surface area contributed by atoms with Gasteiger partial charge in [-0.15, -0.1) is 0 Å². The standard InChI is InChI=1S/C18H13N5O4/c19-17-15-18(21-7-20-17)23-14(9-2-1-3-11(25)16(9)27)13(22-15)8-4-5-10(24)12(26)6-8/h1-7,24-27H,(H2,19,20,21,23). The van der Waals surface area contributed by atoms with Crippen molar-refractivity contribution in [3.63, 3.8) is 0 Å². The van der Waals surface area contributed by atoms with Gasteiger partial charge >= 0.3 is 0 Å². The molecule has 0 atom stereocenters. The van der Waals surface area contributed by atoms with Crippen molar-refractivity contribution in [3.05, 3.63) is 42.7 Å². The molecule has 0 radical (unpaired) electrons. The predicted octanol–water partition coefficient (Wildman–Crippen LogP) is 2.16. The van der Waals surface area contributed by atoms with Crippen LogP contribution in [0.25, 0.3) is 33.7 Å². The maximum Gasteiger partial charge on any atom is 0.184 e. The smallest absolute Gasteiger partial charge is 0.184 e. The highest BCUT2D eigenvalue weighted by molar-refractivity contribution is 5.90. The van der Waals surface area contributed by atoms with Crippen LogP contribution in [0, 0.1) is 0 Å². The molecule has 2 heterocycles. The molecule has 0 unspecified atom stereocenters. The van der Waals surface area contributed by atoms with Gasteiger partial charge in [0.1, 0.15) is 12.0 Å². The summed E-state index contributed by atoms with van der Waals surface area (Å²) in [7, 11) is 0. The van der Waals surface area contributed by atoms with Crippen LogP contribution in [0.3, 0.4) is 0 Å². The van der Waals surface area contributed by atoms with E-state index in [0.29, 0.717) is 5.56 Å². The molecule has 134 valence electrons. The molecule has 0 amide bonds. The van der Waals surface area contributed by atoms with Gasteiger partial charge in [0.05, 0.1) is 5.69 Å². The van der Waals surface area contributed by atoms with Gasteiger partial charge in [0.2, 0.25) is 0 Å². The summed E-state index contributed by atoms with van der Waals surface area (Å²) in [5, 5.41) is 39.6. The number of para-hydroxylation sites is 1. The maximum absolute atomic E-state index is 10.3. The lowest BCUT2D eigenvalue weighted by atomic mass is 10.0. The molecular weight excluding hydrogens is 350 g/mol. The molecule has 0 aliphatic carbocycles. The molecule has 0 aliphatic heterocycles. The zero-order valence-corrected chi connectivity index (χ0v) is 13.7. The van der Waals surface area contributed by atoms with Gasteiger partial charge in [0.15, 0.2) is 40.0 Å². The molecule has 0 bridgehead atoms. The van der Waals surface area contributed by atoms with E-state index in [0.717, 1.165) is 0 Å². The average molecular weight is 363 g/mol. The third kappa shape index (κ3) is 2.67. The molecule has 2 aromatic heterocycles. The van der Waals surface area contributed by atoms with Crippen LogP contribution in [0.15, 0.2) is 42.7 Å². The number of aromatic hydroxyl groups is 4. The molecule has 9 nitrogen and oxygen atoms in total. The lowest BCUT2D eigenvalue weighted by Crippen LogP contribution is -2.01. The highest BCUT2D eigenvalue weighted by atomic mass is 16.3. The lowest BCUT2D eigenvalue weighted by Gasteiger charge is -2.12. The van der Waals surface area contributed by atoms with Crippen molar-refractivity contribution in [1.82, 2.24) is 19.9 Å². The Morgan fingerprint density at radius 1 is 0.778 bits per heavy atom. The van der Waals surface area contributed by atoms with E-state index in [2.05, 4.69) is 19.9 Å². The van der Waals surface area contributed by atoms with Crippen LogP contribution in [-0.2, 0) is 0 Å². The second kappa shape index (κ2) is 5.99. The fourth-order valence-electron chi connectivity index (χ4n) is 2.68. The van der Waals surface area contributed by atoms with Crippen LogP contribution in [0.2, 0.25) is 0 Å². The van der Waals surface area contributed by atoms with E-state index < -0.39 is 0 Å². The number of phenolic OH excluding ortho intramolecular Hbond substituents is 4. The number of nitrogens with zero attached hydrogens (tertiary/aromatic N) is 4. The molecule has 0 saturated heterocycles. The highest BCUT2D eigenvalue weighted by Gasteiger charge is 2.20. The predicted molar refractivity (Wildman–Crippen MR) is 97.1 cm³/mol. The number of aromatic nitrogens is 4. The van der Waals surface area contributed by atoms with Crippen molar-refractivity contribution in [3.8, 4) is 45.5 Å². The lowest BCUT2D eigenvalue weighted by molar-refractivity contribution is 0.404. The molecule has 6 N–H and O–H groups in total. The minimum atomic E-state index is -0.377. The molecule has 4 aromatic rings. The molecule has 0 spiro atoms. The van der Waals surface area contributed by atoms with E-state index >= 15 is 0 Å². The van der Waals surface area contributed by atoms with Crippen molar-refractivity contribution in [2.45, 2.75) is 0 Å². The molecule has 0 aliphatic rings. The topological polar surface area (TPSA) is 158 Å². The van der Waals surface area contributed by atoms with E-state index in [9.17, 15) is 20.4 Å². The summed E-state index contributed by atoms with van der Waals surface area (Å²) in [4.78, 5) is 16.8. The molecule has 27 heavy (non-hydrogen) atoms. The third-order valence-corrected chi connectivity index (χ3v) is 4.02. The number of rotatable bonds is 2. The Labute approximate surface area is 152 Å². The van der Waals surface area contributed by atoms with Gasteiger partial charge in [-0.05, 0) is 30.3 Å². The summed E-state index contributed by atoms with van der Waals surface area (Å²) in [5.41, 5.74) is 7.38. The molecule has 0 saturated carbocycles. The number of hydrogen-bond acceptors (Lipinski definition) is 9. The number of phenols is 4. The van der Waals surface area contributed by atoms with E-state index in [1.807, 2.05) is 0 Å². The fraction of sp³-hybridized carbons (Fsp3) is 0. The second-order valence-electron chi connectivity index (χ2n) is 5.73. The second-order valence-corrected chi connectivity index (χ2v) is 5.73. The summed E-state index contributed by atoms with van der Waals surface area (Å²) in [6.45, 7) is 0. The van der Waals surface area contributed by atoms with E-state index in [-0.39, 0.29) is 56.9 Å². The third-order valence-electron chi connectivity index (χ3n) is 4.02. The van der Waals surface area contributed by atoms with Crippen molar-refractivity contribution < 1.29 is 20.4 Å². The van der Waals surface area contributed by atoms with Gasteiger partial charge in [-0.2, -0.15) is 0 Å².